The van der Waals surface area contributed by atoms with Gasteiger partial charge in [0.05, 0.1) is 11.2 Å². The minimum Gasteiger partial charge on any atom is -0.298 e. The number of fused-ring (bicyclic) bond motifs is 1. The molecule has 0 radical (unpaired) electrons. The predicted octanol–water partition coefficient (Wildman–Crippen LogP) is 4.37. The zero-order valence-corrected chi connectivity index (χ0v) is 16.5. The molecule has 0 atom stereocenters. The average molecular weight is 428 g/mol. The van der Waals surface area contributed by atoms with Gasteiger partial charge < -0.3 is 0 Å². The van der Waals surface area contributed by atoms with Gasteiger partial charge in [0.25, 0.3) is 11.8 Å². The fraction of sp³-hybridized carbons (Fsp3) is 0. The van der Waals surface area contributed by atoms with E-state index in [1.54, 1.807) is 30.3 Å². The van der Waals surface area contributed by atoms with Crippen LogP contribution in [0.2, 0.25) is 10.2 Å². The number of rotatable bonds is 2. The van der Waals surface area contributed by atoms with E-state index in [1.165, 1.54) is 11.0 Å². The normalized spacial score (nSPS) is 16.0. The summed E-state index contributed by atoms with van der Waals surface area (Å²) in [6.45, 7) is 0. The molecule has 2 amide bonds. The molecule has 0 aliphatic carbocycles. The first-order valence-corrected chi connectivity index (χ1v) is 9.33. The van der Waals surface area contributed by atoms with Crippen molar-refractivity contribution >= 4 is 75.0 Å². The summed E-state index contributed by atoms with van der Waals surface area (Å²) in [5, 5.41) is 4.08. The maximum Gasteiger partial charge on any atom is 0.270 e. The van der Waals surface area contributed by atoms with E-state index in [-0.39, 0.29) is 15.8 Å². The van der Waals surface area contributed by atoms with Crippen molar-refractivity contribution < 1.29 is 9.59 Å². The number of amides is 2. The van der Waals surface area contributed by atoms with Crippen molar-refractivity contribution in [1.29, 1.82) is 0 Å². The van der Waals surface area contributed by atoms with Gasteiger partial charge in [0.1, 0.15) is 10.7 Å². The van der Waals surface area contributed by atoms with Crippen LogP contribution in [-0.4, -0.2) is 21.9 Å². The first-order valence-electron chi connectivity index (χ1n) is 8.16. The molecule has 0 unspecified atom stereocenters. The molecule has 1 aliphatic heterocycles. The molecule has 2 aromatic carbocycles. The third kappa shape index (κ3) is 3.38. The number of para-hydroxylation sites is 1. The van der Waals surface area contributed by atoms with Crippen LogP contribution in [0, 0.1) is 0 Å². The molecular formula is C20H11Cl2N3O2S. The zero-order valence-electron chi connectivity index (χ0n) is 14.1. The van der Waals surface area contributed by atoms with Crippen LogP contribution in [0.4, 0.5) is 5.69 Å². The van der Waals surface area contributed by atoms with E-state index in [0.29, 0.717) is 16.3 Å². The van der Waals surface area contributed by atoms with E-state index in [0.717, 1.165) is 10.9 Å². The Morgan fingerprint density at radius 2 is 1.75 bits per heavy atom. The Bertz CT molecular complexity index is 1180. The Balaban J connectivity index is 1.79. The Hall–Kier alpha value is -2.80. The number of halogens is 2. The first-order chi connectivity index (χ1) is 13.4. The molecule has 28 heavy (non-hydrogen) atoms. The highest BCUT2D eigenvalue weighted by Crippen LogP contribution is 2.26. The first kappa shape index (κ1) is 18.6. The highest BCUT2D eigenvalue weighted by atomic mass is 35.5. The van der Waals surface area contributed by atoms with Gasteiger partial charge in [-0.1, -0.05) is 41.4 Å². The SMILES string of the molecule is O=C1NC(=S)N(c2ccc(Cl)cc2)C(=O)/C1=C/c1cc2ccccc2nc1Cl. The molecule has 1 aromatic heterocycles. The highest BCUT2D eigenvalue weighted by Gasteiger charge is 2.34. The molecular weight excluding hydrogens is 417 g/mol. The fourth-order valence-corrected chi connectivity index (χ4v) is 3.45. The van der Waals surface area contributed by atoms with Crippen LogP contribution in [0.3, 0.4) is 0 Å². The van der Waals surface area contributed by atoms with Crippen molar-refractivity contribution in [3.05, 3.63) is 75.9 Å². The van der Waals surface area contributed by atoms with Gasteiger partial charge in [-0.25, -0.2) is 4.98 Å². The lowest BCUT2D eigenvalue weighted by Crippen LogP contribution is -2.54. The van der Waals surface area contributed by atoms with Crippen molar-refractivity contribution in [2.45, 2.75) is 0 Å². The van der Waals surface area contributed by atoms with E-state index in [1.807, 2.05) is 24.3 Å². The summed E-state index contributed by atoms with van der Waals surface area (Å²) >= 11 is 17.4. The zero-order chi connectivity index (χ0) is 19.8. The number of nitrogens with one attached hydrogen (secondary N) is 1. The van der Waals surface area contributed by atoms with Crippen molar-refractivity contribution in [1.82, 2.24) is 10.3 Å². The van der Waals surface area contributed by atoms with E-state index >= 15 is 0 Å². The predicted molar refractivity (Wildman–Crippen MR) is 114 cm³/mol. The summed E-state index contributed by atoms with van der Waals surface area (Å²) in [6.07, 6.45) is 1.42. The minimum atomic E-state index is -0.593. The number of carbonyl (C=O) groups excluding carboxylic acids is 2. The molecule has 138 valence electrons. The van der Waals surface area contributed by atoms with Crippen molar-refractivity contribution in [2.75, 3.05) is 4.90 Å². The highest BCUT2D eigenvalue weighted by molar-refractivity contribution is 7.80. The van der Waals surface area contributed by atoms with Crippen LogP contribution >= 0.6 is 35.4 Å². The van der Waals surface area contributed by atoms with Crippen molar-refractivity contribution in [3.63, 3.8) is 0 Å². The van der Waals surface area contributed by atoms with Crippen LogP contribution in [0.5, 0.6) is 0 Å². The van der Waals surface area contributed by atoms with Gasteiger partial charge in [-0.3, -0.25) is 19.8 Å². The second-order valence-electron chi connectivity index (χ2n) is 6.00. The molecule has 3 aromatic rings. The van der Waals surface area contributed by atoms with Crippen molar-refractivity contribution in [2.24, 2.45) is 0 Å². The molecule has 0 bridgehead atoms. The summed E-state index contributed by atoms with van der Waals surface area (Å²) in [4.78, 5) is 31.0. The number of pyridine rings is 1. The smallest absolute Gasteiger partial charge is 0.270 e. The average Bonchev–Trinajstić information content (AvgIpc) is 2.66. The maximum absolute atomic E-state index is 13.0. The van der Waals surface area contributed by atoms with E-state index in [2.05, 4.69) is 10.3 Å². The van der Waals surface area contributed by atoms with Crippen LogP contribution < -0.4 is 10.2 Å². The molecule has 1 aliphatic rings. The molecule has 1 saturated heterocycles. The second-order valence-corrected chi connectivity index (χ2v) is 7.18. The number of hydrogen-bond acceptors (Lipinski definition) is 4. The summed E-state index contributed by atoms with van der Waals surface area (Å²) < 4.78 is 0. The lowest BCUT2D eigenvalue weighted by molar-refractivity contribution is -0.122. The second kappa shape index (κ2) is 7.31. The monoisotopic (exact) mass is 427 g/mol. The Morgan fingerprint density at radius 3 is 2.50 bits per heavy atom. The van der Waals surface area contributed by atoms with Crippen LogP contribution in [0.25, 0.3) is 17.0 Å². The largest absolute Gasteiger partial charge is 0.298 e. The summed E-state index contributed by atoms with van der Waals surface area (Å²) in [6, 6.07) is 15.8. The summed E-state index contributed by atoms with van der Waals surface area (Å²) in [7, 11) is 0. The molecule has 1 N–H and O–H groups in total. The number of thiocarbonyl (C=S) groups is 1. The molecule has 5 nitrogen and oxygen atoms in total. The van der Waals surface area contributed by atoms with Gasteiger partial charge in [-0.2, -0.15) is 0 Å². The number of hydrogen-bond donors (Lipinski definition) is 1. The van der Waals surface area contributed by atoms with E-state index in [4.69, 9.17) is 35.4 Å². The fourth-order valence-electron chi connectivity index (χ4n) is 2.85. The topological polar surface area (TPSA) is 62.3 Å². The van der Waals surface area contributed by atoms with Crippen LogP contribution in [-0.2, 0) is 9.59 Å². The summed E-state index contributed by atoms with van der Waals surface area (Å²) in [5.74, 6) is -1.15. The molecule has 2 heterocycles. The standard InChI is InChI=1S/C20H11Cl2N3O2S/c21-13-5-7-14(8-6-13)25-19(27)15(18(26)24-20(25)28)10-12-9-11-3-1-2-4-16(11)23-17(12)22/h1-10H,(H,24,26,28)/b15-10+. The van der Waals surface area contributed by atoms with Gasteiger partial charge in [0, 0.05) is 16.0 Å². The van der Waals surface area contributed by atoms with Crippen LogP contribution in [0.1, 0.15) is 5.56 Å². The Kier molecular flexibility index (Phi) is 4.85. The molecule has 1 fully saturated rings. The summed E-state index contributed by atoms with van der Waals surface area (Å²) in [5.41, 5.74) is 1.58. The quantitative estimate of drug-likeness (QED) is 0.285. The van der Waals surface area contributed by atoms with Gasteiger partial charge in [0.15, 0.2) is 5.11 Å². The van der Waals surface area contributed by atoms with Gasteiger partial charge >= 0.3 is 0 Å². The van der Waals surface area contributed by atoms with E-state index in [9.17, 15) is 9.59 Å². The molecule has 8 heteroatoms. The third-order valence-corrected chi connectivity index (χ3v) is 5.03. The number of nitrogens with zero attached hydrogens (tertiary/aromatic N) is 2. The van der Waals surface area contributed by atoms with Gasteiger partial charge in [0.2, 0.25) is 0 Å². The lowest BCUT2D eigenvalue weighted by atomic mass is 10.1. The lowest BCUT2D eigenvalue weighted by Gasteiger charge is -2.29. The van der Waals surface area contributed by atoms with Gasteiger partial charge in [-0.15, -0.1) is 0 Å². The number of anilines is 1. The third-order valence-electron chi connectivity index (χ3n) is 4.19. The molecule has 4 rings (SSSR count). The Morgan fingerprint density at radius 1 is 1.04 bits per heavy atom. The minimum absolute atomic E-state index is 0.00259. The number of benzene rings is 2. The molecule has 0 spiro atoms. The number of carbonyl (C=O) groups is 2. The Labute approximate surface area is 175 Å². The maximum atomic E-state index is 13.0. The van der Waals surface area contributed by atoms with E-state index < -0.39 is 11.8 Å². The van der Waals surface area contributed by atoms with Gasteiger partial charge in [-0.05, 0) is 54.7 Å². The van der Waals surface area contributed by atoms with Crippen molar-refractivity contribution in [3.8, 4) is 0 Å². The van der Waals surface area contributed by atoms with Crippen LogP contribution in [0.15, 0.2) is 60.2 Å². The molecule has 0 saturated carbocycles. The number of aromatic nitrogens is 1.